The molecule has 23 heavy (non-hydrogen) atoms. The van der Waals surface area contributed by atoms with E-state index in [-0.39, 0.29) is 10.8 Å². The van der Waals surface area contributed by atoms with Gasteiger partial charge in [-0.1, -0.05) is 45.7 Å². The van der Waals surface area contributed by atoms with Crippen molar-refractivity contribution in [3.63, 3.8) is 0 Å². The van der Waals surface area contributed by atoms with Gasteiger partial charge in [-0.2, -0.15) is 0 Å². The number of benzene rings is 1. The number of alkyl halides is 1. The highest BCUT2D eigenvalue weighted by Crippen LogP contribution is 2.40. The first-order chi connectivity index (χ1) is 10.7. The third-order valence-corrected chi connectivity index (χ3v) is 5.57. The molecule has 0 saturated heterocycles. The molecule has 1 unspecified atom stereocenters. The zero-order valence-corrected chi connectivity index (χ0v) is 15.3. The third kappa shape index (κ3) is 3.64. The Morgan fingerprint density at radius 3 is 2.65 bits per heavy atom. The summed E-state index contributed by atoms with van der Waals surface area (Å²) in [5.41, 5.74) is -1.25. The van der Waals surface area contributed by atoms with Gasteiger partial charge in [0.1, 0.15) is 0 Å². The van der Waals surface area contributed by atoms with E-state index in [4.69, 9.17) is 16.3 Å². The van der Waals surface area contributed by atoms with E-state index in [1.165, 1.54) is 6.92 Å². The Labute approximate surface area is 147 Å². The Hall–Kier alpha value is -1.25. The van der Waals surface area contributed by atoms with Crippen LogP contribution in [0.2, 0.25) is 5.02 Å². The fraction of sp³-hybridized carbons (Fsp3) is 0.357. The molecule has 1 atom stereocenters. The third-order valence-electron chi connectivity index (χ3n) is 3.35. The first kappa shape index (κ1) is 18.1. The van der Waals surface area contributed by atoms with Crippen molar-refractivity contribution in [1.29, 1.82) is 0 Å². The quantitative estimate of drug-likeness (QED) is 0.685. The largest absolute Gasteiger partial charge is 0.501 e. The first-order valence-corrected chi connectivity index (χ1v) is 9.85. The monoisotopic (exact) mass is 423 g/mol. The summed E-state index contributed by atoms with van der Waals surface area (Å²) >= 11 is 9.22. The van der Waals surface area contributed by atoms with E-state index in [1.54, 1.807) is 24.3 Å². The standard InChI is InChI=1S/C14H15BrClNO5S/c1-14(9-5-2-3-6-10(9)16)12(19)11(18)13(22-14)17-23(20,21)8-4-7-15/h2-3,5-6,17-18H,4,7-8H2,1H3. The van der Waals surface area contributed by atoms with Gasteiger partial charge in [0.2, 0.25) is 27.3 Å². The van der Waals surface area contributed by atoms with Gasteiger partial charge in [-0.05, 0) is 19.4 Å². The van der Waals surface area contributed by atoms with Crippen molar-refractivity contribution >= 4 is 43.3 Å². The molecule has 0 spiro atoms. The van der Waals surface area contributed by atoms with Crippen LogP contribution in [0.3, 0.4) is 0 Å². The van der Waals surface area contributed by atoms with Crippen LogP contribution in [0.5, 0.6) is 0 Å². The van der Waals surface area contributed by atoms with Gasteiger partial charge in [-0.3, -0.25) is 9.52 Å². The van der Waals surface area contributed by atoms with Crippen LogP contribution in [0.15, 0.2) is 35.9 Å². The molecule has 1 aliphatic heterocycles. The smallest absolute Gasteiger partial charge is 0.250 e. The predicted molar refractivity (Wildman–Crippen MR) is 89.9 cm³/mol. The maximum Gasteiger partial charge on any atom is 0.250 e. The van der Waals surface area contributed by atoms with Crippen molar-refractivity contribution in [1.82, 2.24) is 4.72 Å². The highest BCUT2D eigenvalue weighted by Gasteiger charge is 2.49. The topological polar surface area (TPSA) is 92.7 Å². The van der Waals surface area contributed by atoms with Gasteiger partial charge < -0.3 is 9.84 Å². The second-order valence-electron chi connectivity index (χ2n) is 5.09. The molecule has 6 nitrogen and oxygen atoms in total. The molecular weight excluding hydrogens is 410 g/mol. The van der Waals surface area contributed by atoms with Crippen molar-refractivity contribution in [2.24, 2.45) is 0 Å². The van der Waals surface area contributed by atoms with Crippen molar-refractivity contribution in [3.8, 4) is 0 Å². The first-order valence-electron chi connectivity index (χ1n) is 6.70. The average molecular weight is 425 g/mol. The minimum absolute atomic E-state index is 0.171. The molecule has 1 aromatic rings. The molecule has 0 aromatic heterocycles. The van der Waals surface area contributed by atoms with Crippen LogP contribution in [-0.4, -0.2) is 30.4 Å². The maximum atomic E-state index is 12.4. The number of rotatable bonds is 6. The number of carbonyl (C=O) groups excluding carboxylic acids is 1. The van der Waals surface area contributed by atoms with Crippen LogP contribution in [0.25, 0.3) is 0 Å². The van der Waals surface area contributed by atoms with Crippen LogP contribution >= 0.6 is 27.5 Å². The van der Waals surface area contributed by atoms with E-state index < -0.39 is 33.0 Å². The van der Waals surface area contributed by atoms with Crippen LogP contribution in [0.4, 0.5) is 0 Å². The summed E-state index contributed by atoms with van der Waals surface area (Å²) < 4.78 is 31.4. The van der Waals surface area contributed by atoms with Crippen LogP contribution in [0, 0.1) is 0 Å². The second-order valence-corrected chi connectivity index (χ2v) is 8.13. The lowest BCUT2D eigenvalue weighted by Gasteiger charge is -2.24. The second kappa shape index (κ2) is 6.70. The Bertz CT molecular complexity index is 764. The van der Waals surface area contributed by atoms with E-state index in [0.717, 1.165) is 0 Å². The number of hydrogen-bond donors (Lipinski definition) is 2. The highest BCUT2D eigenvalue weighted by atomic mass is 79.9. The lowest BCUT2D eigenvalue weighted by molar-refractivity contribution is -0.131. The molecule has 0 amide bonds. The molecule has 2 rings (SSSR count). The summed E-state index contributed by atoms with van der Waals surface area (Å²) in [5, 5.41) is 10.7. The molecule has 0 bridgehead atoms. The van der Waals surface area contributed by atoms with Gasteiger partial charge in [-0.15, -0.1) is 0 Å². The van der Waals surface area contributed by atoms with Gasteiger partial charge in [0.05, 0.1) is 5.75 Å². The van der Waals surface area contributed by atoms with Crippen LogP contribution in [0.1, 0.15) is 18.9 Å². The summed E-state index contributed by atoms with van der Waals surface area (Å²) in [6.07, 6.45) is 0.374. The molecule has 1 heterocycles. The van der Waals surface area contributed by atoms with E-state index >= 15 is 0 Å². The predicted octanol–water partition coefficient (Wildman–Crippen LogP) is 2.59. The minimum Gasteiger partial charge on any atom is -0.501 e. The fourth-order valence-corrected chi connectivity index (χ4v) is 4.17. The fourth-order valence-electron chi connectivity index (χ4n) is 2.16. The molecule has 126 valence electrons. The molecular formula is C14H15BrClNO5S. The number of hydrogen-bond acceptors (Lipinski definition) is 5. The van der Waals surface area contributed by atoms with Gasteiger partial charge in [0, 0.05) is 15.9 Å². The average Bonchev–Trinajstić information content (AvgIpc) is 2.70. The maximum absolute atomic E-state index is 12.4. The summed E-state index contributed by atoms with van der Waals surface area (Å²) in [6, 6.07) is 6.51. The Morgan fingerprint density at radius 1 is 1.39 bits per heavy atom. The number of sulfonamides is 1. The molecule has 0 saturated carbocycles. The van der Waals surface area contributed by atoms with Gasteiger partial charge in [0.15, 0.2) is 0 Å². The van der Waals surface area contributed by atoms with Crippen molar-refractivity contribution < 1.29 is 23.1 Å². The minimum atomic E-state index is -3.73. The summed E-state index contributed by atoms with van der Waals surface area (Å²) in [7, 11) is -3.73. The molecule has 1 aliphatic rings. The Morgan fingerprint density at radius 2 is 2.04 bits per heavy atom. The molecule has 0 radical (unpaired) electrons. The summed E-state index contributed by atoms with van der Waals surface area (Å²) in [5.74, 6) is -2.18. The summed E-state index contributed by atoms with van der Waals surface area (Å²) in [6.45, 7) is 1.42. The number of carbonyl (C=O) groups is 1. The summed E-state index contributed by atoms with van der Waals surface area (Å²) in [4.78, 5) is 12.4. The number of halogens is 2. The lowest BCUT2D eigenvalue weighted by Crippen LogP contribution is -2.33. The van der Waals surface area contributed by atoms with Crippen molar-refractivity contribution in [3.05, 3.63) is 46.5 Å². The van der Waals surface area contributed by atoms with Crippen molar-refractivity contribution in [2.75, 3.05) is 11.1 Å². The number of nitrogens with one attached hydrogen (secondary N) is 1. The van der Waals surface area contributed by atoms with Gasteiger partial charge in [0.25, 0.3) is 5.78 Å². The number of ether oxygens (including phenoxy) is 1. The van der Waals surface area contributed by atoms with Gasteiger partial charge in [-0.25, -0.2) is 8.42 Å². The highest BCUT2D eigenvalue weighted by molar-refractivity contribution is 9.09. The van der Waals surface area contributed by atoms with Crippen LogP contribution in [-0.2, 0) is 25.2 Å². The SMILES string of the molecule is CC1(c2ccccc2Cl)OC(NS(=O)(=O)CCCBr)=C(O)C1=O. The molecule has 0 aliphatic carbocycles. The normalized spacial score (nSPS) is 21.4. The zero-order chi connectivity index (χ0) is 17.3. The van der Waals surface area contributed by atoms with Crippen LogP contribution < -0.4 is 4.72 Å². The van der Waals surface area contributed by atoms with E-state index in [1.807, 2.05) is 0 Å². The molecule has 0 fully saturated rings. The van der Waals surface area contributed by atoms with E-state index in [2.05, 4.69) is 20.7 Å². The van der Waals surface area contributed by atoms with E-state index in [9.17, 15) is 18.3 Å². The van der Waals surface area contributed by atoms with E-state index in [0.29, 0.717) is 17.3 Å². The molecule has 2 N–H and O–H groups in total. The Kier molecular flexibility index (Phi) is 5.27. The number of aliphatic hydroxyl groups is 1. The molecule has 1 aromatic carbocycles. The Balaban J connectivity index is 2.30. The van der Waals surface area contributed by atoms with Crippen molar-refractivity contribution in [2.45, 2.75) is 18.9 Å². The molecule has 9 heteroatoms. The number of aliphatic hydroxyl groups excluding tert-OH is 1. The zero-order valence-electron chi connectivity index (χ0n) is 12.2. The number of ketones is 1. The van der Waals surface area contributed by atoms with Gasteiger partial charge >= 0.3 is 0 Å². The lowest BCUT2D eigenvalue weighted by atomic mass is 9.91. The number of Topliss-reactive ketones (excluding diaryl/α,β-unsaturated/α-hetero) is 1.